The molecule has 0 saturated carbocycles. The summed E-state index contributed by atoms with van der Waals surface area (Å²) in [6.07, 6.45) is 37.5. The number of hydrogen-bond acceptors (Lipinski definition) is 9. The highest BCUT2D eigenvalue weighted by Crippen LogP contribution is 2.43. The molecule has 0 spiro atoms. The van der Waals surface area contributed by atoms with Crippen LogP contribution < -0.4 is 5.73 Å². The van der Waals surface area contributed by atoms with Crippen LogP contribution in [0.25, 0.3) is 0 Å². The number of phosphoric acid groups is 1. The van der Waals surface area contributed by atoms with Crippen molar-refractivity contribution in [2.75, 3.05) is 26.4 Å². The highest BCUT2D eigenvalue weighted by Gasteiger charge is 2.25. The van der Waals surface area contributed by atoms with E-state index in [1.807, 2.05) is 37.3 Å². The number of allylic oxidation sites excluding steroid dienone is 11. The van der Waals surface area contributed by atoms with Crippen molar-refractivity contribution in [3.63, 3.8) is 0 Å². The molecule has 0 aliphatic rings. The van der Waals surface area contributed by atoms with E-state index in [1.165, 1.54) is 12.8 Å². The highest BCUT2D eigenvalue weighted by atomic mass is 31.2. The third-order valence-corrected chi connectivity index (χ3v) is 8.22. The van der Waals surface area contributed by atoms with E-state index in [2.05, 4.69) is 43.4 Å². The molecule has 0 aliphatic heterocycles. The van der Waals surface area contributed by atoms with Gasteiger partial charge in [0.05, 0.1) is 19.3 Å². The average Bonchev–Trinajstić information content (AvgIpc) is 3.10. The molecular formula is C39H66NO9P. The number of esters is 2. The van der Waals surface area contributed by atoms with Crippen LogP contribution in [0.2, 0.25) is 0 Å². The number of rotatable bonds is 33. The van der Waals surface area contributed by atoms with Crippen LogP contribution in [0.5, 0.6) is 0 Å². The maximum absolute atomic E-state index is 12.5. The maximum atomic E-state index is 12.5. The van der Waals surface area contributed by atoms with E-state index in [1.54, 1.807) is 6.08 Å². The quantitative estimate of drug-likeness (QED) is 0.0197. The second-order valence-corrected chi connectivity index (χ2v) is 13.4. The van der Waals surface area contributed by atoms with E-state index >= 15 is 0 Å². The number of unbranched alkanes of at least 4 members (excludes halogenated alkanes) is 8. The fraction of sp³-hybridized carbons (Fsp3) is 0.641. The zero-order chi connectivity index (χ0) is 37.0. The topological polar surface area (TPSA) is 155 Å². The molecule has 0 saturated heterocycles. The Hall–Kier alpha value is -2.59. The average molecular weight is 724 g/mol. The minimum absolute atomic E-state index is 0.0353. The van der Waals surface area contributed by atoms with E-state index in [0.29, 0.717) is 25.7 Å². The Morgan fingerprint density at radius 3 is 1.96 bits per heavy atom. The molecule has 0 aromatic heterocycles. The van der Waals surface area contributed by atoms with Gasteiger partial charge in [0.25, 0.3) is 0 Å². The molecule has 4 N–H and O–H groups in total. The highest BCUT2D eigenvalue weighted by molar-refractivity contribution is 7.47. The molecule has 11 heteroatoms. The molecule has 10 nitrogen and oxygen atoms in total. The predicted octanol–water partition coefficient (Wildman–Crippen LogP) is 8.90. The molecule has 0 heterocycles. The number of nitrogens with two attached hydrogens (primary N) is 1. The summed E-state index contributed by atoms with van der Waals surface area (Å²) >= 11 is 0. The van der Waals surface area contributed by atoms with Crippen molar-refractivity contribution in [3.05, 3.63) is 72.9 Å². The first-order valence-corrected chi connectivity index (χ1v) is 20.0. The van der Waals surface area contributed by atoms with Gasteiger partial charge in [-0.15, -0.1) is 0 Å². The largest absolute Gasteiger partial charge is 0.472 e. The lowest BCUT2D eigenvalue weighted by Gasteiger charge is -2.19. The molecule has 50 heavy (non-hydrogen) atoms. The second kappa shape index (κ2) is 34.8. The van der Waals surface area contributed by atoms with Crippen LogP contribution in [0.15, 0.2) is 72.9 Å². The third-order valence-electron chi connectivity index (χ3n) is 7.23. The van der Waals surface area contributed by atoms with Crippen molar-refractivity contribution >= 4 is 19.8 Å². The van der Waals surface area contributed by atoms with Crippen LogP contribution in [-0.2, 0) is 32.7 Å². The summed E-state index contributed by atoms with van der Waals surface area (Å²) in [6.45, 7) is 3.23. The van der Waals surface area contributed by atoms with Gasteiger partial charge in [-0.05, 0) is 64.2 Å². The van der Waals surface area contributed by atoms with E-state index in [-0.39, 0.29) is 38.7 Å². The van der Waals surface area contributed by atoms with Gasteiger partial charge in [-0.1, -0.05) is 119 Å². The van der Waals surface area contributed by atoms with Crippen LogP contribution in [0.4, 0.5) is 0 Å². The summed E-state index contributed by atoms with van der Waals surface area (Å²) in [5.74, 6) is -0.938. The summed E-state index contributed by atoms with van der Waals surface area (Å²) in [6, 6.07) is 0. The Balaban J connectivity index is 4.37. The first-order chi connectivity index (χ1) is 24.2. The normalized spacial score (nSPS) is 14.9. The van der Waals surface area contributed by atoms with Crippen molar-refractivity contribution in [1.29, 1.82) is 0 Å². The number of aliphatic hydroxyl groups excluding tert-OH is 1. The molecule has 1 unspecified atom stereocenters. The zero-order valence-corrected chi connectivity index (χ0v) is 31.6. The monoisotopic (exact) mass is 723 g/mol. The number of phosphoric ester groups is 1. The lowest BCUT2D eigenvalue weighted by molar-refractivity contribution is -0.161. The summed E-state index contributed by atoms with van der Waals surface area (Å²) < 4.78 is 32.5. The standard InChI is InChI=1S/C39H66NO9P/c1-3-5-6-7-8-9-14-19-22-25-28-31-39(43)49-37(35-48-50(44,45)47-33-32-40)34-46-38(42)30-27-24-21-18-16-13-11-10-12-15-17-20-23-26-29-36(41)4-2/h7-8,11-13,15,18,20-21,23,26,29,36-37,41H,3-6,9-10,14,16-17,19,22,24-25,27-28,30-35,40H2,1-2H3,(H,44,45)/b8-7-,13-11-,15-12-,21-18-,23-20-,29-26+/t36-,37+/m0/s1. The van der Waals surface area contributed by atoms with Crippen molar-refractivity contribution in [2.24, 2.45) is 5.73 Å². The van der Waals surface area contributed by atoms with Gasteiger partial charge in [-0.25, -0.2) is 4.57 Å². The third kappa shape index (κ3) is 33.9. The molecule has 0 bridgehead atoms. The van der Waals surface area contributed by atoms with E-state index in [0.717, 1.165) is 57.8 Å². The number of ether oxygens (including phenoxy) is 2. The lowest BCUT2D eigenvalue weighted by atomic mass is 10.1. The van der Waals surface area contributed by atoms with Crippen molar-refractivity contribution < 1.29 is 42.7 Å². The Morgan fingerprint density at radius 1 is 0.700 bits per heavy atom. The smallest absolute Gasteiger partial charge is 0.462 e. The minimum Gasteiger partial charge on any atom is -0.462 e. The lowest BCUT2D eigenvalue weighted by Crippen LogP contribution is -2.29. The number of carbonyl (C=O) groups is 2. The van der Waals surface area contributed by atoms with Gasteiger partial charge in [0.2, 0.25) is 0 Å². The molecule has 0 aliphatic carbocycles. The van der Waals surface area contributed by atoms with Crippen molar-refractivity contribution in [3.8, 4) is 0 Å². The van der Waals surface area contributed by atoms with E-state index in [4.69, 9.17) is 24.3 Å². The number of aliphatic hydroxyl groups is 1. The Labute approximate surface area is 302 Å². The van der Waals surface area contributed by atoms with Crippen molar-refractivity contribution in [2.45, 2.75) is 135 Å². The predicted molar refractivity (Wildman–Crippen MR) is 202 cm³/mol. The van der Waals surface area contributed by atoms with E-state index < -0.39 is 32.5 Å². The van der Waals surface area contributed by atoms with Gasteiger partial charge in [0.15, 0.2) is 6.10 Å². The van der Waals surface area contributed by atoms with Crippen LogP contribution in [0.1, 0.15) is 123 Å². The zero-order valence-electron chi connectivity index (χ0n) is 30.7. The Kier molecular flexibility index (Phi) is 33.0. The summed E-state index contributed by atoms with van der Waals surface area (Å²) in [7, 11) is -4.39. The molecule has 3 atom stereocenters. The molecule has 0 aromatic rings. The van der Waals surface area contributed by atoms with Gasteiger partial charge < -0.3 is 25.2 Å². The minimum atomic E-state index is -4.39. The first-order valence-electron chi connectivity index (χ1n) is 18.5. The second-order valence-electron chi connectivity index (χ2n) is 11.9. The number of carbonyl (C=O) groups excluding carboxylic acids is 2. The molecule has 0 amide bonds. The first kappa shape index (κ1) is 47.4. The van der Waals surface area contributed by atoms with Crippen LogP contribution in [0, 0.1) is 0 Å². The Morgan fingerprint density at radius 2 is 1.28 bits per heavy atom. The molecule has 0 fully saturated rings. The molecule has 286 valence electrons. The maximum Gasteiger partial charge on any atom is 0.472 e. The van der Waals surface area contributed by atoms with Crippen LogP contribution in [-0.4, -0.2) is 60.5 Å². The van der Waals surface area contributed by atoms with Gasteiger partial charge in [-0.2, -0.15) is 0 Å². The fourth-order valence-electron chi connectivity index (χ4n) is 4.31. The van der Waals surface area contributed by atoms with Crippen molar-refractivity contribution in [1.82, 2.24) is 0 Å². The number of hydrogen-bond donors (Lipinski definition) is 3. The molecule has 0 aromatic carbocycles. The van der Waals surface area contributed by atoms with Gasteiger partial charge in [0.1, 0.15) is 6.61 Å². The van der Waals surface area contributed by atoms with Gasteiger partial charge in [-0.3, -0.25) is 18.6 Å². The van der Waals surface area contributed by atoms with E-state index in [9.17, 15) is 24.2 Å². The summed E-state index contributed by atoms with van der Waals surface area (Å²) in [5, 5.41) is 9.45. The summed E-state index contributed by atoms with van der Waals surface area (Å²) in [5.41, 5.74) is 5.32. The fourth-order valence-corrected chi connectivity index (χ4v) is 5.07. The van der Waals surface area contributed by atoms with Gasteiger partial charge >= 0.3 is 19.8 Å². The molecular weight excluding hydrogens is 657 g/mol. The van der Waals surface area contributed by atoms with Crippen LogP contribution in [0.3, 0.4) is 0 Å². The molecule has 0 radical (unpaired) electrons. The Bertz CT molecular complexity index is 1070. The SMILES string of the molecule is CCCC/C=C\CCCCCCCC(=O)O[C@H](COC(=O)CCC/C=C\C/C=C\C/C=C\C/C=C\C=C\[C@@H](O)CC)COP(=O)(O)OCCN. The summed E-state index contributed by atoms with van der Waals surface area (Å²) in [4.78, 5) is 34.6. The van der Waals surface area contributed by atoms with Gasteiger partial charge in [0, 0.05) is 19.4 Å². The van der Waals surface area contributed by atoms with Crippen LogP contribution >= 0.6 is 7.82 Å². The molecule has 0 rings (SSSR count).